The van der Waals surface area contributed by atoms with Crippen LogP contribution >= 0.6 is 0 Å². The molecule has 0 aliphatic carbocycles. The summed E-state index contributed by atoms with van der Waals surface area (Å²) in [6.45, 7) is 2.52. The highest BCUT2D eigenvalue weighted by Gasteiger charge is 2.26. The van der Waals surface area contributed by atoms with Crippen LogP contribution in [0.15, 0.2) is 24.3 Å². The van der Waals surface area contributed by atoms with Crippen LogP contribution in [0.4, 0.5) is 0 Å². The van der Waals surface area contributed by atoms with E-state index in [0.717, 1.165) is 30.6 Å². The van der Waals surface area contributed by atoms with E-state index in [1.54, 1.807) is 20.3 Å². The highest BCUT2D eigenvalue weighted by molar-refractivity contribution is 5.54. The maximum Gasteiger partial charge on any atom is 0.188 e. The zero-order valence-electron chi connectivity index (χ0n) is 13.5. The molecule has 0 spiro atoms. The van der Waals surface area contributed by atoms with Gasteiger partial charge in [-0.2, -0.15) is 0 Å². The molecule has 0 aromatic heterocycles. The van der Waals surface area contributed by atoms with Gasteiger partial charge in [0.25, 0.3) is 0 Å². The van der Waals surface area contributed by atoms with Crippen LogP contribution in [0.2, 0.25) is 0 Å². The molecule has 1 atom stereocenters. The lowest BCUT2D eigenvalue weighted by Crippen LogP contribution is -2.09. The third-order valence-electron chi connectivity index (χ3n) is 3.28. The lowest BCUT2D eigenvalue weighted by molar-refractivity contribution is 0.0444. The first kappa shape index (κ1) is 16.6. The van der Waals surface area contributed by atoms with Gasteiger partial charge in [-0.15, -0.1) is 0 Å². The number of ether oxygens (including phenoxy) is 5. The van der Waals surface area contributed by atoms with Crippen molar-refractivity contribution in [2.75, 3.05) is 27.8 Å². The van der Waals surface area contributed by atoms with Gasteiger partial charge in [-0.1, -0.05) is 19.4 Å². The van der Waals surface area contributed by atoms with Gasteiger partial charge >= 0.3 is 0 Å². The summed E-state index contributed by atoms with van der Waals surface area (Å²) in [6.07, 6.45) is 7.32. The fourth-order valence-electron chi connectivity index (χ4n) is 2.29. The number of fused-ring (bicyclic) bond motifs is 1. The van der Waals surface area contributed by atoms with Crippen LogP contribution < -0.4 is 14.2 Å². The van der Waals surface area contributed by atoms with E-state index >= 15 is 0 Å². The number of hydrogen-bond acceptors (Lipinski definition) is 5. The second-order valence-electron chi connectivity index (χ2n) is 5.09. The minimum atomic E-state index is 0.0455. The highest BCUT2D eigenvalue weighted by atomic mass is 16.7. The molecular weight excluding hydrogens is 284 g/mol. The highest BCUT2D eigenvalue weighted by Crippen LogP contribution is 2.41. The van der Waals surface area contributed by atoms with Crippen molar-refractivity contribution in [1.29, 1.82) is 0 Å². The summed E-state index contributed by atoms with van der Waals surface area (Å²) in [5, 5.41) is 0. The molecular formula is C17H24O5. The van der Waals surface area contributed by atoms with Crippen molar-refractivity contribution < 1.29 is 23.7 Å². The molecule has 0 saturated carbocycles. The van der Waals surface area contributed by atoms with Crippen molar-refractivity contribution in [2.45, 2.75) is 32.3 Å². The van der Waals surface area contributed by atoms with E-state index in [4.69, 9.17) is 23.7 Å². The zero-order chi connectivity index (χ0) is 15.8. The molecule has 1 aromatic rings. The van der Waals surface area contributed by atoms with Crippen LogP contribution in [0, 0.1) is 0 Å². The Balaban J connectivity index is 2.15. The molecule has 1 aromatic carbocycles. The predicted molar refractivity (Wildman–Crippen MR) is 83.6 cm³/mol. The van der Waals surface area contributed by atoms with Crippen LogP contribution in [0.5, 0.6) is 17.2 Å². The third kappa shape index (κ3) is 4.39. The van der Waals surface area contributed by atoms with E-state index < -0.39 is 0 Å². The molecule has 1 heterocycles. The van der Waals surface area contributed by atoms with Crippen molar-refractivity contribution in [3.8, 4) is 17.2 Å². The summed E-state index contributed by atoms with van der Waals surface area (Å²) < 4.78 is 27.0. The Morgan fingerprint density at radius 2 is 1.95 bits per heavy atom. The Kier molecular flexibility index (Phi) is 6.55. The molecule has 122 valence electrons. The van der Waals surface area contributed by atoms with Gasteiger partial charge in [0.15, 0.2) is 25.1 Å². The maximum atomic E-state index is 5.99. The lowest BCUT2D eigenvalue weighted by atomic mass is 10.1. The molecule has 5 heteroatoms. The molecule has 0 bridgehead atoms. The van der Waals surface area contributed by atoms with Crippen LogP contribution in [0.25, 0.3) is 0 Å². The Labute approximate surface area is 131 Å². The van der Waals surface area contributed by atoms with E-state index in [1.165, 1.54) is 0 Å². The Bertz CT molecular complexity index is 498. The Hall–Kier alpha value is -1.72. The zero-order valence-corrected chi connectivity index (χ0v) is 13.5. The average molecular weight is 308 g/mol. The number of unbranched alkanes of at least 4 members (excludes halogenated alkanes) is 1. The van der Waals surface area contributed by atoms with Gasteiger partial charge in [-0.25, -0.2) is 0 Å². The summed E-state index contributed by atoms with van der Waals surface area (Å²) >= 11 is 0. The predicted octanol–water partition coefficient (Wildman–Crippen LogP) is 3.31. The first-order valence-electron chi connectivity index (χ1n) is 7.52. The molecule has 0 amide bonds. The van der Waals surface area contributed by atoms with E-state index in [1.807, 2.05) is 6.07 Å². The molecule has 0 saturated heterocycles. The smallest absolute Gasteiger partial charge is 0.188 e. The number of benzene rings is 1. The quantitative estimate of drug-likeness (QED) is 0.517. The van der Waals surface area contributed by atoms with Gasteiger partial charge in [0, 0.05) is 32.3 Å². The van der Waals surface area contributed by atoms with E-state index in [-0.39, 0.29) is 19.7 Å². The molecule has 1 aliphatic rings. The minimum absolute atomic E-state index is 0.0455. The molecule has 1 aliphatic heterocycles. The first-order valence-corrected chi connectivity index (χ1v) is 7.52. The van der Waals surface area contributed by atoms with Crippen LogP contribution in [0.3, 0.4) is 0 Å². The molecule has 0 fully saturated rings. The van der Waals surface area contributed by atoms with Gasteiger partial charge in [0.05, 0.1) is 0 Å². The maximum absolute atomic E-state index is 5.99. The normalized spacial score (nSPS) is 16.6. The average Bonchev–Trinajstić information content (AvgIpc) is 2.93. The van der Waals surface area contributed by atoms with Crippen molar-refractivity contribution in [3.63, 3.8) is 0 Å². The summed E-state index contributed by atoms with van der Waals surface area (Å²) in [4.78, 5) is 0. The largest absolute Gasteiger partial charge is 0.482 e. The fraction of sp³-hybridized carbons (Fsp3) is 0.529. The first-order chi connectivity index (χ1) is 10.8. The molecule has 0 radical (unpaired) electrons. The summed E-state index contributed by atoms with van der Waals surface area (Å²) in [5.41, 5.74) is 1.07. The number of methoxy groups -OCH3 is 2. The second-order valence-corrected chi connectivity index (χ2v) is 5.09. The van der Waals surface area contributed by atoms with E-state index in [9.17, 15) is 0 Å². The standard InChI is InChI=1S/C17H24O5/c1-4-5-6-7-14-8-13-9-15(20-11-18-2)10-16(17(13)22-14)21-12-19-3/h6-7,9-10,14H,4-5,8,11-12H2,1-3H3. The summed E-state index contributed by atoms with van der Waals surface area (Å²) in [7, 11) is 3.18. The van der Waals surface area contributed by atoms with Crippen molar-refractivity contribution in [2.24, 2.45) is 0 Å². The second kappa shape index (κ2) is 8.66. The van der Waals surface area contributed by atoms with Gasteiger partial charge in [-0.05, 0) is 18.6 Å². The Morgan fingerprint density at radius 1 is 1.18 bits per heavy atom. The topological polar surface area (TPSA) is 46.2 Å². The van der Waals surface area contributed by atoms with Crippen molar-refractivity contribution in [3.05, 3.63) is 29.8 Å². The van der Waals surface area contributed by atoms with Gasteiger partial charge in [-0.3, -0.25) is 0 Å². The SMILES string of the molecule is CCCC=CC1Cc2cc(OCOC)cc(OCOC)c2O1. The van der Waals surface area contributed by atoms with Crippen LogP contribution in [-0.4, -0.2) is 33.9 Å². The fourth-order valence-corrected chi connectivity index (χ4v) is 2.29. The number of allylic oxidation sites excluding steroid dienone is 1. The molecule has 1 unspecified atom stereocenters. The van der Waals surface area contributed by atoms with E-state index in [0.29, 0.717) is 11.5 Å². The Morgan fingerprint density at radius 3 is 2.68 bits per heavy atom. The lowest BCUT2D eigenvalue weighted by Gasteiger charge is -2.13. The minimum Gasteiger partial charge on any atom is -0.482 e. The van der Waals surface area contributed by atoms with Crippen LogP contribution in [0.1, 0.15) is 25.3 Å². The van der Waals surface area contributed by atoms with E-state index in [2.05, 4.69) is 19.1 Å². The van der Waals surface area contributed by atoms with Crippen LogP contribution in [-0.2, 0) is 15.9 Å². The van der Waals surface area contributed by atoms with Crippen molar-refractivity contribution in [1.82, 2.24) is 0 Å². The molecule has 5 nitrogen and oxygen atoms in total. The number of hydrogen-bond donors (Lipinski definition) is 0. The third-order valence-corrected chi connectivity index (χ3v) is 3.28. The molecule has 2 rings (SSSR count). The summed E-state index contributed by atoms with van der Waals surface area (Å²) in [6, 6.07) is 3.77. The molecule has 22 heavy (non-hydrogen) atoms. The van der Waals surface area contributed by atoms with Gasteiger partial charge in [0.2, 0.25) is 0 Å². The monoisotopic (exact) mass is 308 g/mol. The van der Waals surface area contributed by atoms with Gasteiger partial charge in [0.1, 0.15) is 11.9 Å². The molecule has 0 N–H and O–H groups in total. The van der Waals surface area contributed by atoms with Gasteiger partial charge < -0.3 is 23.7 Å². The number of rotatable bonds is 9. The van der Waals surface area contributed by atoms with Crippen molar-refractivity contribution >= 4 is 0 Å². The summed E-state index contributed by atoms with van der Waals surface area (Å²) in [5.74, 6) is 2.11.